The van der Waals surface area contributed by atoms with Gasteiger partial charge in [0.1, 0.15) is 7.22 Å². The van der Waals surface area contributed by atoms with Crippen LogP contribution in [0, 0.1) is 0 Å². The van der Waals surface area contributed by atoms with E-state index in [1.807, 2.05) is 23.0 Å². The Balaban J connectivity index is 0.000000231. The Hall–Kier alpha value is -0.426. The van der Waals surface area contributed by atoms with Crippen LogP contribution in [0.3, 0.4) is 0 Å². The van der Waals surface area contributed by atoms with Crippen molar-refractivity contribution in [2.75, 3.05) is 5.38 Å². The molecule has 0 bridgehead atoms. The predicted molar refractivity (Wildman–Crippen MR) is 116 cm³/mol. The van der Waals surface area contributed by atoms with Gasteiger partial charge in [-0.2, -0.15) is 11.2 Å². The van der Waals surface area contributed by atoms with Gasteiger partial charge >= 0.3 is 0 Å². The van der Waals surface area contributed by atoms with Crippen LogP contribution in [0.4, 0.5) is 0 Å². The van der Waals surface area contributed by atoms with E-state index in [-0.39, 0.29) is 0 Å². The van der Waals surface area contributed by atoms with E-state index in [4.69, 9.17) is 0 Å². The molecule has 0 fully saturated rings. The van der Waals surface area contributed by atoms with E-state index in [1.165, 1.54) is 15.2 Å². The minimum atomic E-state index is -0.981. The molecule has 0 amide bonds. The molecule has 2 aromatic carbocycles. The minimum Gasteiger partial charge on any atom is -0.152 e. The molecule has 23 heavy (non-hydrogen) atoms. The highest BCUT2D eigenvalue weighted by Gasteiger charge is 2.14. The second kappa shape index (κ2) is 9.77. The number of hydrogen-bond donors (Lipinski definition) is 0. The molecule has 0 heterocycles. The number of rotatable bonds is 5. The Labute approximate surface area is 153 Å². The van der Waals surface area contributed by atoms with E-state index in [9.17, 15) is 0 Å². The summed E-state index contributed by atoms with van der Waals surface area (Å²) in [6.45, 7) is 14.3. The normalized spacial score (nSPS) is 11.6. The number of hydrogen-bond acceptors (Lipinski definition) is 2. The highest BCUT2D eigenvalue weighted by molar-refractivity contribution is 8.28. The first-order chi connectivity index (χ1) is 10.7. The zero-order chi connectivity index (χ0) is 17.3. The molecule has 0 saturated heterocycles. The molecule has 0 nitrogen and oxygen atoms in total. The van der Waals surface area contributed by atoms with Crippen LogP contribution in [0.25, 0.3) is 0 Å². The Morgan fingerprint density at radius 2 is 1.09 bits per heavy atom. The van der Waals surface area contributed by atoms with Crippen molar-refractivity contribution in [3.63, 3.8) is 0 Å². The van der Waals surface area contributed by atoms with E-state index in [1.54, 1.807) is 0 Å². The Morgan fingerprint density at radius 1 is 0.652 bits per heavy atom. The first kappa shape index (κ1) is 20.6. The molecule has 0 atom stereocenters. The second-order valence-electron chi connectivity index (χ2n) is 7.69. The standard InChI is InChI=1S/C10H16SSi.C9H14SSi/c1-12(2,3)9-11-10-7-5-4-6-8-10;1-11(2,3)10-9-7-5-4-6-8-9/h4-8H,9H2,1-3H3;4-8H,1-3H3. The Bertz CT molecular complexity index is 543. The average Bonchev–Trinajstić information content (AvgIpc) is 2.46. The van der Waals surface area contributed by atoms with Crippen molar-refractivity contribution >= 4 is 38.3 Å². The van der Waals surface area contributed by atoms with Gasteiger partial charge in [0.15, 0.2) is 0 Å². The van der Waals surface area contributed by atoms with Gasteiger partial charge < -0.3 is 0 Å². The molecule has 0 aromatic heterocycles. The van der Waals surface area contributed by atoms with Crippen LogP contribution in [0.2, 0.25) is 39.3 Å². The first-order valence-corrected chi connectivity index (χ1v) is 17.8. The van der Waals surface area contributed by atoms with Crippen molar-refractivity contribution in [1.82, 2.24) is 0 Å². The molecule has 0 unspecified atom stereocenters. The van der Waals surface area contributed by atoms with Crippen LogP contribution >= 0.6 is 23.0 Å². The maximum atomic E-state index is 2.41. The molecule has 2 rings (SSSR count). The summed E-state index contributed by atoms with van der Waals surface area (Å²) >= 11 is 4.03. The SMILES string of the molecule is C[Si](C)(C)CSc1ccccc1.C[Si](C)(C)Sc1ccccc1. The van der Waals surface area contributed by atoms with E-state index in [0.717, 1.165) is 0 Å². The smallest absolute Gasteiger partial charge is 0.114 e. The van der Waals surface area contributed by atoms with Crippen LogP contribution in [-0.4, -0.2) is 20.7 Å². The van der Waals surface area contributed by atoms with Gasteiger partial charge in [0.2, 0.25) is 0 Å². The van der Waals surface area contributed by atoms with Gasteiger partial charge in [0, 0.05) is 9.79 Å². The summed E-state index contributed by atoms with van der Waals surface area (Å²) in [6, 6.07) is 21.3. The van der Waals surface area contributed by atoms with Gasteiger partial charge in [0.05, 0.1) is 8.07 Å². The minimum absolute atomic E-state index is 0.877. The number of thioether (sulfide) groups is 1. The fourth-order valence-electron chi connectivity index (χ4n) is 1.66. The van der Waals surface area contributed by atoms with Crippen molar-refractivity contribution in [2.24, 2.45) is 0 Å². The molecule has 0 saturated carbocycles. The lowest BCUT2D eigenvalue weighted by Crippen LogP contribution is -2.23. The van der Waals surface area contributed by atoms with Gasteiger partial charge in [-0.15, -0.1) is 11.8 Å². The highest BCUT2D eigenvalue weighted by Crippen LogP contribution is 2.28. The van der Waals surface area contributed by atoms with Crippen molar-refractivity contribution in [3.05, 3.63) is 60.7 Å². The molecule has 0 spiro atoms. The quantitative estimate of drug-likeness (QED) is 0.396. The Kier molecular flexibility index (Phi) is 8.76. The maximum Gasteiger partial charge on any atom is 0.114 e. The molecule has 0 aliphatic rings. The van der Waals surface area contributed by atoms with Crippen molar-refractivity contribution in [3.8, 4) is 0 Å². The first-order valence-electron chi connectivity index (χ1n) is 8.08. The summed E-state index contributed by atoms with van der Waals surface area (Å²) in [5, 5.41) is 1.32. The maximum absolute atomic E-state index is 2.41. The van der Waals surface area contributed by atoms with Gasteiger partial charge in [-0.05, 0) is 29.6 Å². The summed E-state index contributed by atoms with van der Waals surface area (Å²) in [5.74, 6) is 0. The third-order valence-corrected chi connectivity index (χ3v) is 10.9. The van der Waals surface area contributed by atoms with Gasteiger partial charge in [0.25, 0.3) is 0 Å². The summed E-state index contributed by atoms with van der Waals surface area (Å²) in [7, 11) is -1.86. The molecule has 0 aliphatic carbocycles. The van der Waals surface area contributed by atoms with Crippen LogP contribution in [0.1, 0.15) is 0 Å². The monoisotopic (exact) mass is 378 g/mol. The van der Waals surface area contributed by atoms with Gasteiger partial charge in [-0.25, -0.2) is 0 Å². The summed E-state index contributed by atoms with van der Waals surface area (Å²) in [4.78, 5) is 2.81. The van der Waals surface area contributed by atoms with Crippen LogP contribution < -0.4 is 0 Å². The van der Waals surface area contributed by atoms with Gasteiger partial charge in [-0.1, -0.05) is 75.7 Å². The van der Waals surface area contributed by atoms with Crippen LogP contribution in [-0.2, 0) is 0 Å². The van der Waals surface area contributed by atoms with Crippen molar-refractivity contribution in [1.29, 1.82) is 0 Å². The number of benzene rings is 2. The average molecular weight is 379 g/mol. The second-order valence-corrected chi connectivity index (χ2v) is 23.9. The van der Waals surface area contributed by atoms with E-state index in [0.29, 0.717) is 0 Å². The molecule has 4 heteroatoms. The summed E-state index contributed by atoms with van der Waals surface area (Å²) < 4.78 is 0. The molecule has 0 N–H and O–H groups in total. The van der Waals surface area contributed by atoms with Crippen LogP contribution in [0.15, 0.2) is 70.5 Å². The molecule has 126 valence electrons. The topological polar surface area (TPSA) is 0 Å². The van der Waals surface area contributed by atoms with Gasteiger partial charge in [-0.3, -0.25) is 0 Å². The fourth-order valence-corrected chi connectivity index (χ4v) is 7.94. The van der Waals surface area contributed by atoms with Crippen LogP contribution in [0.5, 0.6) is 0 Å². The zero-order valence-corrected chi connectivity index (χ0v) is 18.9. The highest BCUT2D eigenvalue weighted by atomic mass is 32.4. The summed E-state index contributed by atoms with van der Waals surface area (Å²) in [6.07, 6.45) is 0. The molecule has 2 aromatic rings. The summed E-state index contributed by atoms with van der Waals surface area (Å²) in [5.41, 5.74) is 0. The van der Waals surface area contributed by atoms with E-state index >= 15 is 0 Å². The molecule has 0 aliphatic heterocycles. The van der Waals surface area contributed by atoms with E-state index in [2.05, 4.69) is 99.9 Å². The lowest BCUT2D eigenvalue weighted by molar-refractivity contribution is 1.46. The Morgan fingerprint density at radius 3 is 1.48 bits per heavy atom. The fraction of sp³-hybridized carbons (Fsp3) is 0.368. The third-order valence-electron chi connectivity index (χ3n) is 2.58. The zero-order valence-electron chi connectivity index (χ0n) is 15.3. The lowest BCUT2D eigenvalue weighted by atomic mass is 10.4. The largest absolute Gasteiger partial charge is 0.152 e. The van der Waals surface area contributed by atoms with Crippen molar-refractivity contribution < 1.29 is 0 Å². The van der Waals surface area contributed by atoms with E-state index < -0.39 is 15.3 Å². The lowest BCUT2D eigenvalue weighted by Gasteiger charge is -2.14. The predicted octanol–water partition coefficient (Wildman–Crippen LogP) is 7.27. The van der Waals surface area contributed by atoms with Crippen molar-refractivity contribution in [2.45, 2.75) is 49.1 Å². The molecular formula is C19H30S2Si2. The molecule has 0 radical (unpaired) electrons. The molecular weight excluding hydrogens is 349 g/mol. The third kappa shape index (κ3) is 11.7.